The fourth-order valence-corrected chi connectivity index (χ4v) is 2.28. The van der Waals surface area contributed by atoms with Crippen molar-refractivity contribution in [3.63, 3.8) is 0 Å². The zero-order valence-electron chi connectivity index (χ0n) is 14.1. The summed E-state index contributed by atoms with van der Waals surface area (Å²) in [6.45, 7) is 3.81. The number of benzene rings is 2. The van der Waals surface area contributed by atoms with Crippen LogP contribution >= 0.6 is 0 Å². The van der Waals surface area contributed by atoms with Gasteiger partial charge in [-0.3, -0.25) is 4.79 Å². The second-order valence-corrected chi connectivity index (χ2v) is 5.55. The number of amides is 1. The average Bonchev–Trinajstić information content (AvgIpc) is 3.17. The average molecular weight is 337 g/mol. The summed E-state index contributed by atoms with van der Waals surface area (Å²) in [5.74, 6) is 0.462. The lowest BCUT2D eigenvalue weighted by Gasteiger charge is -2.15. The van der Waals surface area contributed by atoms with E-state index in [1.54, 1.807) is 19.1 Å². The van der Waals surface area contributed by atoms with Gasteiger partial charge in [-0.1, -0.05) is 19.1 Å². The smallest absolute Gasteiger partial charge is 0.265 e. The number of rotatable bonds is 6. The van der Waals surface area contributed by atoms with Gasteiger partial charge in [0.1, 0.15) is 12.1 Å². The predicted molar refractivity (Wildman–Crippen MR) is 93.7 cm³/mol. The fourth-order valence-electron chi connectivity index (χ4n) is 2.28. The van der Waals surface area contributed by atoms with E-state index in [9.17, 15) is 4.79 Å². The van der Waals surface area contributed by atoms with E-state index in [-0.39, 0.29) is 5.91 Å². The van der Waals surface area contributed by atoms with E-state index in [2.05, 4.69) is 27.8 Å². The van der Waals surface area contributed by atoms with Gasteiger partial charge in [-0.25, -0.2) is 4.68 Å². The molecule has 0 spiro atoms. The molecule has 25 heavy (non-hydrogen) atoms. The minimum atomic E-state index is -0.605. The van der Waals surface area contributed by atoms with Crippen LogP contribution in [0.4, 0.5) is 5.69 Å². The molecule has 0 fully saturated rings. The van der Waals surface area contributed by atoms with Gasteiger partial charge in [0.25, 0.3) is 5.91 Å². The summed E-state index contributed by atoms with van der Waals surface area (Å²) in [4.78, 5) is 12.3. The molecule has 2 aromatic carbocycles. The van der Waals surface area contributed by atoms with Gasteiger partial charge >= 0.3 is 0 Å². The Hall–Kier alpha value is -3.22. The van der Waals surface area contributed by atoms with Crippen LogP contribution in [0.2, 0.25) is 0 Å². The summed E-state index contributed by atoms with van der Waals surface area (Å²) in [6.07, 6.45) is 1.87. The van der Waals surface area contributed by atoms with Crippen molar-refractivity contribution < 1.29 is 9.53 Å². The van der Waals surface area contributed by atoms with Gasteiger partial charge in [0.2, 0.25) is 0 Å². The molecule has 0 radical (unpaired) electrons. The Kier molecular flexibility index (Phi) is 5.03. The fraction of sp³-hybridized carbons (Fsp3) is 0.222. The highest BCUT2D eigenvalue weighted by atomic mass is 16.5. The Bertz CT molecular complexity index is 814. The first-order valence-corrected chi connectivity index (χ1v) is 8.05. The van der Waals surface area contributed by atoms with Crippen molar-refractivity contribution in [2.45, 2.75) is 26.4 Å². The summed E-state index contributed by atoms with van der Waals surface area (Å²) < 4.78 is 7.23. The molecular weight excluding hydrogens is 318 g/mol. The van der Waals surface area contributed by atoms with E-state index in [1.165, 1.54) is 16.6 Å². The molecule has 3 aromatic rings. The molecule has 128 valence electrons. The summed E-state index contributed by atoms with van der Waals surface area (Å²) in [5.41, 5.74) is 2.72. The van der Waals surface area contributed by atoms with Crippen LogP contribution in [0.15, 0.2) is 54.9 Å². The van der Waals surface area contributed by atoms with Crippen molar-refractivity contribution in [2.75, 3.05) is 5.32 Å². The molecule has 7 nitrogen and oxygen atoms in total. The first kappa shape index (κ1) is 16.6. The van der Waals surface area contributed by atoms with Crippen LogP contribution in [0.5, 0.6) is 5.75 Å². The predicted octanol–water partition coefficient (Wildman–Crippen LogP) is 2.63. The second kappa shape index (κ2) is 7.57. The number of nitrogens with one attached hydrogen (secondary N) is 1. The molecular formula is C18H19N5O2. The number of aryl methyl sites for hydroxylation is 1. The van der Waals surface area contributed by atoms with E-state index in [0.717, 1.165) is 12.1 Å². The van der Waals surface area contributed by atoms with Gasteiger partial charge < -0.3 is 10.1 Å². The third-order valence-corrected chi connectivity index (χ3v) is 3.76. The number of nitrogens with zero attached hydrogens (tertiary/aromatic N) is 4. The van der Waals surface area contributed by atoms with Crippen molar-refractivity contribution >= 4 is 11.6 Å². The van der Waals surface area contributed by atoms with Crippen molar-refractivity contribution in [3.05, 3.63) is 60.4 Å². The normalized spacial score (nSPS) is 11.8. The third-order valence-electron chi connectivity index (χ3n) is 3.76. The van der Waals surface area contributed by atoms with Crippen LogP contribution in [0.25, 0.3) is 5.69 Å². The number of hydrogen-bond acceptors (Lipinski definition) is 5. The number of aromatic nitrogens is 4. The number of carbonyl (C=O) groups excluding carboxylic acids is 1. The maximum Gasteiger partial charge on any atom is 0.265 e. The molecule has 0 aliphatic carbocycles. The van der Waals surface area contributed by atoms with Crippen molar-refractivity contribution in [1.29, 1.82) is 0 Å². The lowest BCUT2D eigenvalue weighted by molar-refractivity contribution is -0.122. The molecule has 1 atom stereocenters. The Morgan fingerprint density at radius 2 is 1.88 bits per heavy atom. The molecule has 0 bridgehead atoms. The Morgan fingerprint density at radius 1 is 1.16 bits per heavy atom. The first-order chi connectivity index (χ1) is 12.2. The SMILES string of the molecule is CCc1ccc(OC(C)C(=O)Nc2ccc(-n3cnnn3)cc2)cc1. The van der Waals surface area contributed by atoms with Crippen molar-refractivity contribution in [2.24, 2.45) is 0 Å². The molecule has 1 heterocycles. The molecule has 0 saturated heterocycles. The van der Waals surface area contributed by atoms with Crippen molar-refractivity contribution in [1.82, 2.24) is 20.2 Å². The second-order valence-electron chi connectivity index (χ2n) is 5.55. The molecule has 3 rings (SSSR count). The van der Waals surface area contributed by atoms with E-state index < -0.39 is 6.10 Å². The maximum absolute atomic E-state index is 12.3. The van der Waals surface area contributed by atoms with Crippen LogP contribution in [0.3, 0.4) is 0 Å². The lowest BCUT2D eigenvalue weighted by Crippen LogP contribution is -2.30. The molecule has 1 amide bonds. The highest BCUT2D eigenvalue weighted by Gasteiger charge is 2.15. The quantitative estimate of drug-likeness (QED) is 0.748. The third kappa shape index (κ3) is 4.20. The van der Waals surface area contributed by atoms with Crippen LogP contribution in [0.1, 0.15) is 19.4 Å². The lowest BCUT2D eigenvalue weighted by atomic mass is 10.2. The first-order valence-electron chi connectivity index (χ1n) is 8.05. The summed E-state index contributed by atoms with van der Waals surface area (Å²) in [5, 5.41) is 13.8. The maximum atomic E-state index is 12.3. The zero-order valence-corrected chi connectivity index (χ0v) is 14.1. The summed E-state index contributed by atoms with van der Waals surface area (Å²) in [6, 6.07) is 15.0. The monoisotopic (exact) mass is 337 g/mol. The van der Waals surface area contributed by atoms with Gasteiger partial charge in [0.05, 0.1) is 5.69 Å². The Balaban J connectivity index is 1.59. The zero-order chi connectivity index (χ0) is 17.6. The van der Waals surface area contributed by atoms with Gasteiger partial charge in [-0.15, -0.1) is 5.10 Å². The van der Waals surface area contributed by atoms with Gasteiger partial charge in [-0.2, -0.15) is 0 Å². The van der Waals surface area contributed by atoms with Crippen molar-refractivity contribution in [3.8, 4) is 11.4 Å². The molecule has 1 N–H and O–H groups in total. The highest BCUT2D eigenvalue weighted by molar-refractivity contribution is 5.94. The van der Waals surface area contributed by atoms with E-state index in [4.69, 9.17) is 4.74 Å². The molecule has 0 aliphatic rings. The molecule has 7 heteroatoms. The molecule has 0 saturated carbocycles. The molecule has 0 aliphatic heterocycles. The number of carbonyl (C=O) groups is 1. The van der Waals surface area contributed by atoms with E-state index >= 15 is 0 Å². The largest absolute Gasteiger partial charge is 0.481 e. The summed E-state index contributed by atoms with van der Waals surface area (Å²) in [7, 11) is 0. The Morgan fingerprint density at radius 3 is 2.48 bits per heavy atom. The van der Waals surface area contributed by atoms with E-state index in [0.29, 0.717) is 11.4 Å². The number of tetrazole rings is 1. The number of anilines is 1. The van der Waals surface area contributed by atoms with Crippen LogP contribution in [-0.2, 0) is 11.2 Å². The van der Waals surface area contributed by atoms with Crippen LogP contribution in [0, 0.1) is 0 Å². The van der Waals surface area contributed by atoms with Gasteiger partial charge in [0, 0.05) is 5.69 Å². The van der Waals surface area contributed by atoms with Crippen LogP contribution < -0.4 is 10.1 Å². The van der Waals surface area contributed by atoms with E-state index in [1.807, 2.05) is 36.4 Å². The Labute approximate surface area is 145 Å². The topological polar surface area (TPSA) is 81.9 Å². The highest BCUT2D eigenvalue weighted by Crippen LogP contribution is 2.16. The minimum Gasteiger partial charge on any atom is -0.481 e. The minimum absolute atomic E-state index is 0.213. The van der Waals surface area contributed by atoms with Crippen LogP contribution in [-0.4, -0.2) is 32.2 Å². The number of ether oxygens (including phenoxy) is 1. The van der Waals surface area contributed by atoms with Gasteiger partial charge in [0.15, 0.2) is 6.10 Å². The standard InChI is InChI=1S/C18H19N5O2/c1-3-14-4-10-17(11-5-14)25-13(2)18(24)20-15-6-8-16(9-7-15)23-12-19-21-22-23/h4-13H,3H2,1-2H3,(H,20,24). The molecule has 1 unspecified atom stereocenters. The van der Waals surface area contributed by atoms with Gasteiger partial charge in [-0.05, 0) is 65.7 Å². The molecule has 1 aromatic heterocycles. The summed E-state index contributed by atoms with van der Waals surface area (Å²) >= 11 is 0. The number of hydrogen-bond donors (Lipinski definition) is 1.